The first-order chi connectivity index (χ1) is 16.3. The Morgan fingerprint density at radius 1 is 1.06 bits per heavy atom. The molecule has 4 rings (SSSR count). The van der Waals surface area contributed by atoms with E-state index in [-0.39, 0.29) is 5.91 Å². The summed E-state index contributed by atoms with van der Waals surface area (Å²) in [5.74, 6) is 1.15. The minimum atomic E-state index is -3.51. The number of likely N-dealkylation sites (tertiary alicyclic amines) is 1. The number of benzene rings is 1. The van der Waals surface area contributed by atoms with Gasteiger partial charge in [0.05, 0.1) is 10.6 Å². The Morgan fingerprint density at radius 3 is 2.41 bits per heavy atom. The number of likely N-dealkylation sites (N-methyl/N-ethyl adjacent to an activating group) is 1. The smallest absolute Gasteiger partial charge is 0.243 e. The predicted octanol–water partition coefficient (Wildman–Crippen LogP) is 2.39. The molecule has 2 aromatic rings. The third kappa shape index (κ3) is 5.32. The van der Waals surface area contributed by atoms with Crippen LogP contribution in [0, 0.1) is 0 Å². The molecule has 9 nitrogen and oxygen atoms in total. The van der Waals surface area contributed by atoms with Gasteiger partial charge in [0.25, 0.3) is 0 Å². The lowest BCUT2D eigenvalue weighted by atomic mass is 10.0. The summed E-state index contributed by atoms with van der Waals surface area (Å²) in [5.41, 5.74) is 0.800. The number of thioether (sulfide) groups is 1. The highest BCUT2D eigenvalue weighted by Gasteiger charge is 2.28. The van der Waals surface area contributed by atoms with Gasteiger partial charge in [0.2, 0.25) is 15.9 Å². The van der Waals surface area contributed by atoms with Gasteiger partial charge < -0.3 is 14.4 Å². The first-order valence-electron chi connectivity index (χ1n) is 12.0. The molecule has 0 unspecified atom stereocenters. The molecule has 2 aliphatic rings. The van der Waals surface area contributed by atoms with Crippen LogP contribution >= 0.6 is 11.8 Å². The van der Waals surface area contributed by atoms with Crippen LogP contribution in [0.2, 0.25) is 0 Å². The SMILES string of the molecule is CCn1c(SCC(=O)N2CCCC[C@@H]2C)nnc1-c1ccc(S(=O)(=O)N2CCN(C)CC2)cc1. The molecular weight excluding hydrogens is 472 g/mol. The Hall–Kier alpha value is -1.95. The molecule has 186 valence electrons. The number of aromatic nitrogens is 3. The van der Waals surface area contributed by atoms with Crippen LogP contribution in [-0.4, -0.2) is 94.8 Å². The Balaban J connectivity index is 1.46. The molecule has 1 atom stereocenters. The first kappa shape index (κ1) is 25.2. The van der Waals surface area contributed by atoms with Crippen molar-refractivity contribution in [2.45, 2.75) is 55.7 Å². The molecule has 0 saturated carbocycles. The van der Waals surface area contributed by atoms with Crippen LogP contribution in [-0.2, 0) is 21.4 Å². The van der Waals surface area contributed by atoms with Crippen LogP contribution in [0.3, 0.4) is 0 Å². The van der Waals surface area contributed by atoms with E-state index in [4.69, 9.17) is 0 Å². The Morgan fingerprint density at radius 2 is 1.76 bits per heavy atom. The summed E-state index contributed by atoms with van der Waals surface area (Å²) >= 11 is 1.41. The van der Waals surface area contributed by atoms with Crippen molar-refractivity contribution in [3.63, 3.8) is 0 Å². The fourth-order valence-electron chi connectivity index (χ4n) is 4.53. The minimum absolute atomic E-state index is 0.142. The lowest BCUT2D eigenvalue weighted by molar-refractivity contribution is -0.131. The molecule has 34 heavy (non-hydrogen) atoms. The highest BCUT2D eigenvalue weighted by Crippen LogP contribution is 2.27. The van der Waals surface area contributed by atoms with Crippen molar-refractivity contribution in [2.75, 3.05) is 45.5 Å². The van der Waals surface area contributed by atoms with E-state index in [1.807, 2.05) is 23.4 Å². The monoisotopic (exact) mass is 506 g/mol. The van der Waals surface area contributed by atoms with E-state index in [0.717, 1.165) is 38.0 Å². The molecule has 11 heteroatoms. The molecule has 0 N–H and O–H groups in total. The average Bonchev–Trinajstić information content (AvgIpc) is 3.26. The van der Waals surface area contributed by atoms with E-state index >= 15 is 0 Å². The Kier molecular flexibility index (Phi) is 7.96. The van der Waals surface area contributed by atoms with Crippen molar-refractivity contribution >= 4 is 27.7 Å². The fraction of sp³-hybridized carbons (Fsp3) is 0.609. The molecule has 1 aromatic carbocycles. The third-order valence-corrected chi connectivity index (χ3v) is 9.56. The summed E-state index contributed by atoms with van der Waals surface area (Å²) in [6.07, 6.45) is 3.31. The Bertz CT molecular complexity index is 1090. The molecule has 2 saturated heterocycles. The molecule has 0 aliphatic carbocycles. The second-order valence-electron chi connectivity index (χ2n) is 9.00. The van der Waals surface area contributed by atoms with Gasteiger partial charge in [0, 0.05) is 50.9 Å². The molecule has 1 amide bonds. The number of nitrogens with zero attached hydrogens (tertiary/aromatic N) is 6. The number of rotatable bonds is 7. The zero-order valence-electron chi connectivity index (χ0n) is 20.2. The van der Waals surface area contributed by atoms with Gasteiger partial charge >= 0.3 is 0 Å². The normalized spacial score (nSPS) is 20.6. The molecule has 0 bridgehead atoms. The standard InChI is InChI=1S/C23H34N6O3S2/c1-4-28-22(24-25-23(28)33-17-21(30)29-12-6-5-7-18(29)2)19-8-10-20(11-9-19)34(31,32)27-15-13-26(3)14-16-27/h8-11,18H,4-7,12-17H2,1-3H3/t18-/m0/s1. The summed E-state index contributed by atoms with van der Waals surface area (Å²) in [6.45, 7) is 8.07. The molecule has 1 aromatic heterocycles. The lowest BCUT2D eigenvalue weighted by Gasteiger charge is -2.33. The third-order valence-electron chi connectivity index (χ3n) is 6.69. The summed E-state index contributed by atoms with van der Waals surface area (Å²) in [7, 11) is -1.51. The largest absolute Gasteiger partial charge is 0.339 e. The van der Waals surface area contributed by atoms with E-state index < -0.39 is 10.0 Å². The number of carbonyl (C=O) groups is 1. The highest BCUT2D eigenvalue weighted by atomic mass is 32.2. The molecule has 0 radical (unpaired) electrons. The van der Waals surface area contributed by atoms with Crippen LogP contribution in [0.15, 0.2) is 34.3 Å². The zero-order chi connectivity index (χ0) is 24.3. The Labute approximate surface area is 206 Å². The predicted molar refractivity (Wildman–Crippen MR) is 133 cm³/mol. The van der Waals surface area contributed by atoms with Crippen molar-refractivity contribution < 1.29 is 13.2 Å². The number of piperidine rings is 1. The molecule has 3 heterocycles. The number of piperazine rings is 1. The van der Waals surface area contributed by atoms with Crippen molar-refractivity contribution in [3.8, 4) is 11.4 Å². The second-order valence-corrected chi connectivity index (χ2v) is 11.9. The maximum absolute atomic E-state index is 13.0. The quantitative estimate of drug-likeness (QED) is 0.533. The van der Waals surface area contributed by atoms with E-state index in [1.165, 1.54) is 18.2 Å². The number of sulfonamides is 1. The van der Waals surface area contributed by atoms with Gasteiger partial charge in [-0.3, -0.25) is 4.79 Å². The summed E-state index contributed by atoms with van der Waals surface area (Å²) < 4.78 is 29.5. The van der Waals surface area contributed by atoms with Crippen LogP contribution < -0.4 is 0 Å². The number of hydrogen-bond donors (Lipinski definition) is 0. The summed E-state index contributed by atoms with van der Waals surface area (Å²) in [5, 5.41) is 9.38. The maximum Gasteiger partial charge on any atom is 0.243 e. The van der Waals surface area contributed by atoms with Gasteiger partial charge in [-0.05, 0) is 64.4 Å². The minimum Gasteiger partial charge on any atom is -0.339 e. The van der Waals surface area contributed by atoms with Gasteiger partial charge in [-0.25, -0.2) is 8.42 Å². The van der Waals surface area contributed by atoms with Crippen LogP contribution in [0.5, 0.6) is 0 Å². The van der Waals surface area contributed by atoms with E-state index in [1.54, 1.807) is 28.6 Å². The molecular formula is C23H34N6O3S2. The van der Waals surface area contributed by atoms with Crippen molar-refractivity contribution in [1.82, 2.24) is 28.9 Å². The van der Waals surface area contributed by atoms with E-state index in [2.05, 4.69) is 22.0 Å². The average molecular weight is 507 g/mol. The zero-order valence-corrected chi connectivity index (χ0v) is 21.8. The van der Waals surface area contributed by atoms with Crippen molar-refractivity contribution in [3.05, 3.63) is 24.3 Å². The summed E-state index contributed by atoms with van der Waals surface area (Å²) in [6, 6.07) is 7.15. The topological polar surface area (TPSA) is 91.6 Å². The van der Waals surface area contributed by atoms with Gasteiger partial charge in [0.15, 0.2) is 11.0 Å². The molecule has 2 aliphatic heterocycles. The van der Waals surface area contributed by atoms with Gasteiger partial charge in [0.1, 0.15) is 0 Å². The highest BCUT2D eigenvalue weighted by molar-refractivity contribution is 7.99. The molecule has 0 spiro atoms. The number of amides is 1. The van der Waals surface area contributed by atoms with Crippen LogP contribution in [0.1, 0.15) is 33.1 Å². The molecule has 2 fully saturated rings. The van der Waals surface area contributed by atoms with Crippen LogP contribution in [0.4, 0.5) is 0 Å². The number of hydrogen-bond acceptors (Lipinski definition) is 7. The number of carbonyl (C=O) groups excluding carboxylic acids is 1. The van der Waals surface area contributed by atoms with Gasteiger partial charge in [-0.1, -0.05) is 11.8 Å². The van der Waals surface area contributed by atoms with Gasteiger partial charge in [-0.2, -0.15) is 4.31 Å². The van der Waals surface area contributed by atoms with E-state index in [9.17, 15) is 13.2 Å². The fourth-order valence-corrected chi connectivity index (χ4v) is 6.84. The van der Waals surface area contributed by atoms with Crippen LogP contribution in [0.25, 0.3) is 11.4 Å². The summed E-state index contributed by atoms with van der Waals surface area (Å²) in [4.78, 5) is 17.1. The van der Waals surface area contributed by atoms with Crippen molar-refractivity contribution in [2.24, 2.45) is 0 Å². The van der Waals surface area contributed by atoms with Gasteiger partial charge in [-0.15, -0.1) is 10.2 Å². The van der Waals surface area contributed by atoms with Crippen molar-refractivity contribution in [1.29, 1.82) is 0 Å². The first-order valence-corrected chi connectivity index (χ1v) is 14.4. The maximum atomic E-state index is 13.0. The second kappa shape index (κ2) is 10.8. The van der Waals surface area contributed by atoms with E-state index in [0.29, 0.717) is 47.3 Å². The lowest BCUT2D eigenvalue weighted by Crippen LogP contribution is -2.46.